The first-order valence-electron chi connectivity index (χ1n) is 7.93. The number of hydrogen-bond donors (Lipinski definition) is 1. The molecule has 122 valence electrons. The zero-order valence-electron chi connectivity index (χ0n) is 12.8. The third-order valence-corrected chi connectivity index (χ3v) is 6.87. The molecule has 2 unspecified atom stereocenters. The minimum Gasteiger partial charge on any atom is -0.374 e. The maximum atomic E-state index is 6.27. The van der Waals surface area contributed by atoms with Gasteiger partial charge in [-0.3, -0.25) is 0 Å². The largest absolute Gasteiger partial charge is 0.374 e. The average Bonchev–Trinajstić information content (AvgIpc) is 3.18. The Morgan fingerprint density at radius 2 is 2.26 bits per heavy atom. The van der Waals surface area contributed by atoms with Gasteiger partial charge in [-0.1, -0.05) is 29.8 Å². The Labute approximate surface area is 149 Å². The van der Waals surface area contributed by atoms with Crippen LogP contribution in [0.1, 0.15) is 19.3 Å². The van der Waals surface area contributed by atoms with E-state index < -0.39 is 0 Å². The third kappa shape index (κ3) is 3.38. The molecule has 2 atom stereocenters. The van der Waals surface area contributed by atoms with Gasteiger partial charge >= 0.3 is 0 Å². The fourth-order valence-corrected chi connectivity index (χ4v) is 5.72. The highest BCUT2D eigenvalue weighted by atomic mass is 35.5. The van der Waals surface area contributed by atoms with Gasteiger partial charge in [-0.2, -0.15) is 11.8 Å². The first-order chi connectivity index (χ1) is 11.2. The molecule has 2 aliphatic rings. The summed E-state index contributed by atoms with van der Waals surface area (Å²) in [5, 5.41) is 7.42. The van der Waals surface area contributed by atoms with Crippen LogP contribution in [-0.4, -0.2) is 34.7 Å². The molecular formula is C17H19ClN2OS2. The second kappa shape index (κ2) is 6.63. The van der Waals surface area contributed by atoms with Crippen molar-refractivity contribution in [1.82, 2.24) is 4.98 Å². The van der Waals surface area contributed by atoms with Gasteiger partial charge in [0.15, 0.2) is 5.13 Å². The number of thiazole rings is 1. The van der Waals surface area contributed by atoms with E-state index in [9.17, 15) is 0 Å². The zero-order chi connectivity index (χ0) is 15.7. The maximum Gasteiger partial charge on any atom is 0.183 e. The molecule has 23 heavy (non-hydrogen) atoms. The van der Waals surface area contributed by atoms with E-state index >= 15 is 0 Å². The van der Waals surface area contributed by atoms with Gasteiger partial charge in [0.25, 0.3) is 0 Å². The Balaban J connectivity index is 1.46. The SMILES string of the molecule is Clc1ccccc1-c1csc(NC2CCOC3(CCSC3)C2)n1. The zero-order valence-corrected chi connectivity index (χ0v) is 15.1. The second-order valence-electron chi connectivity index (χ2n) is 6.19. The van der Waals surface area contributed by atoms with Crippen LogP contribution in [-0.2, 0) is 4.74 Å². The van der Waals surface area contributed by atoms with Crippen molar-refractivity contribution in [2.24, 2.45) is 0 Å². The molecule has 1 aromatic carbocycles. The monoisotopic (exact) mass is 366 g/mol. The third-order valence-electron chi connectivity index (χ3n) is 4.54. The van der Waals surface area contributed by atoms with Crippen molar-refractivity contribution in [3.63, 3.8) is 0 Å². The molecule has 4 rings (SSSR count). The Morgan fingerprint density at radius 3 is 3.09 bits per heavy atom. The van der Waals surface area contributed by atoms with Crippen molar-refractivity contribution in [2.75, 3.05) is 23.4 Å². The first kappa shape index (κ1) is 15.8. The topological polar surface area (TPSA) is 34.1 Å². The lowest BCUT2D eigenvalue weighted by Crippen LogP contribution is -2.44. The molecule has 3 heterocycles. The average molecular weight is 367 g/mol. The number of anilines is 1. The predicted octanol–water partition coefficient (Wildman–Crippen LogP) is 4.93. The molecule has 0 bridgehead atoms. The fourth-order valence-electron chi connectivity index (χ4n) is 3.32. The van der Waals surface area contributed by atoms with Gasteiger partial charge < -0.3 is 10.1 Å². The van der Waals surface area contributed by atoms with Crippen LogP contribution in [0.3, 0.4) is 0 Å². The van der Waals surface area contributed by atoms with Crippen LogP contribution < -0.4 is 5.32 Å². The van der Waals surface area contributed by atoms with E-state index in [-0.39, 0.29) is 5.60 Å². The van der Waals surface area contributed by atoms with Crippen molar-refractivity contribution in [3.8, 4) is 11.3 Å². The molecule has 2 fully saturated rings. The fraction of sp³-hybridized carbons (Fsp3) is 0.471. The van der Waals surface area contributed by atoms with Gasteiger partial charge in [-0.15, -0.1) is 11.3 Å². The van der Waals surface area contributed by atoms with Crippen molar-refractivity contribution in [1.29, 1.82) is 0 Å². The number of thioether (sulfide) groups is 1. The summed E-state index contributed by atoms with van der Waals surface area (Å²) in [6, 6.07) is 8.31. The van der Waals surface area contributed by atoms with E-state index in [1.54, 1.807) is 11.3 Å². The van der Waals surface area contributed by atoms with Gasteiger partial charge in [0, 0.05) is 34.4 Å². The molecule has 0 saturated carbocycles. The van der Waals surface area contributed by atoms with Crippen LogP contribution in [0.25, 0.3) is 11.3 Å². The number of nitrogens with one attached hydrogen (secondary N) is 1. The van der Waals surface area contributed by atoms with E-state index in [2.05, 4.69) is 10.7 Å². The first-order valence-corrected chi connectivity index (χ1v) is 10.3. The van der Waals surface area contributed by atoms with Gasteiger partial charge in [-0.05, 0) is 31.1 Å². The molecule has 1 aromatic heterocycles. The minimum atomic E-state index is 0.101. The van der Waals surface area contributed by atoms with Crippen LogP contribution in [0, 0.1) is 0 Å². The number of halogens is 1. The van der Waals surface area contributed by atoms with E-state index in [1.165, 1.54) is 12.2 Å². The highest BCUT2D eigenvalue weighted by Crippen LogP contribution is 2.39. The quantitative estimate of drug-likeness (QED) is 0.835. The standard InChI is InChI=1S/C17H19ClN2OS2/c18-14-4-2-1-3-13(14)15-10-23-16(20-15)19-12-5-7-21-17(9-12)6-8-22-11-17/h1-4,10,12H,5-9,11H2,(H,19,20). The highest BCUT2D eigenvalue weighted by molar-refractivity contribution is 7.99. The van der Waals surface area contributed by atoms with Gasteiger partial charge in [0.2, 0.25) is 0 Å². The number of aromatic nitrogens is 1. The maximum absolute atomic E-state index is 6.27. The molecule has 1 N–H and O–H groups in total. The van der Waals surface area contributed by atoms with Crippen molar-refractivity contribution in [3.05, 3.63) is 34.7 Å². The number of hydrogen-bond acceptors (Lipinski definition) is 5. The van der Waals surface area contributed by atoms with Crippen LogP contribution in [0.15, 0.2) is 29.6 Å². The number of nitrogens with zero attached hydrogens (tertiary/aromatic N) is 1. The van der Waals surface area contributed by atoms with E-state index in [0.29, 0.717) is 6.04 Å². The number of ether oxygens (including phenoxy) is 1. The Bertz CT molecular complexity index is 685. The molecule has 0 radical (unpaired) electrons. The lowest BCUT2D eigenvalue weighted by molar-refractivity contribution is -0.0628. The van der Waals surface area contributed by atoms with Crippen LogP contribution >= 0.6 is 34.7 Å². The van der Waals surface area contributed by atoms with Gasteiger partial charge in [0.1, 0.15) is 0 Å². The molecule has 2 aromatic rings. The lowest BCUT2D eigenvalue weighted by Gasteiger charge is -2.37. The molecule has 0 amide bonds. The van der Waals surface area contributed by atoms with Crippen LogP contribution in [0.4, 0.5) is 5.13 Å². The van der Waals surface area contributed by atoms with E-state index in [1.807, 2.05) is 36.0 Å². The molecule has 2 saturated heterocycles. The predicted molar refractivity (Wildman–Crippen MR) is 99.8 cm³/mol. The van der Waals surface area contributed by atoms with Crippen LogP contribution in [0.5, 0.6) is 0 Å². The Kier molecular flexibility index (Phi) is 4.54. The smallest absolute Gasteiger partial charge is 0.183 e. The van der Waals surface area contributed by atoms with Crippen molar-refractivity contribution in [2.45, 2.75) is 30.9 Å². The minimum absolute atomic E-state index is 0.101. The summed E-state index contributed by atoms with van der Waals surface area (Å²) in [7, 11) is 0. The van der Waals surface area contributed by atoms with Crippen LogP contribution in [0.2, 0.25) is 5.02 Å². The van der Waals surface area contributed by atoms with E-state index in [4.69, 9.17) is 21.3 Å². The molecule has 0 aliphatic carbocycles. The summed E-state index contributed by atoms with van der Waals surface area (Å²) >= 11 is 9.93. The molecule has 1 spiro atoms. The highest BCUT2D eigenvalue weighted by Gasteiger charge is 2.40. The number of benzene rings is 1. The lowest BCUT2D eigenvalue weighted by atomic mass is 9.90. The van der Waals surface area contributed by atoms with Crippen molar-refractivity contribution < 1.29 is 4.74 Å². The van der Waals surface area contributed by atoms with E-state index in [0.717, 1.165) is 46.6 Å². The second-order valence-corrected chi connectivity index (χ2v) is 8.56. The molecule has 2 aliphatic heterocycles. The summed E-state index contributed by atoms with van der Waals surface area (Å²) in [4.78, 5) is 4.73. The summed E-state index contributed by atoms with van der Waals surface area (Å²) in [5.74, 6) is 2.36. The summed E-state index contributed by atoms with van der Waals surface area (Å²) in [5.41, 5.74) is 2.04. The van der Waals surface area contributed by atoms with Gasteiger partial charge in [-0.25, -0.2) is 4.98 Å². The summed E-state index contributed by atoms with van der Waals surface area (Å²) in [6.45, 7) is 0.848. The molecular weight excluding hydrogens is 348 g/mol. The Morgan fingerprint density at radius 1 is 1.35 bits per heavy atom. The summed E-state index contributed by atoms with van der Waals surface area (Å²) < 4.78 is 6.09. The van der Waals surface area contributed by atoms with Crippen molar-refractivity contribution >= 4 is 39.8 Å². The normalized spacial score (nSPS) is 27.4. The van der Waals surface area contributed by atoms with Gasteiger partial charge in [0.05, 0.1) is 11.3 Å². The number of rotatable bonds is 3. The summed E-state index contributed by atoms with van der Waals surface area (Å²) in [6.07, 6.45) is 3.31. The Hall–Kier alpha value is -0.750. The molecule has 3 nitrogen and oxygen atoms in total. The molecule has 6 heteroatoms.